The van der Waals surface area contributed by atoms with Gasteiger partial charge in [-0.2, -0.15) is 0 Å². The molecule has 1 aliphatic rings. The number of nitrogens with one attached hydrogen (secondary N) is 2. The first-order valence-electron chi connectivity index (χ1n) is 5.59. The molecule has 0 aliphatic carbocycles. The zero-order chi connectivity index (χ0) is 11.4. The number of carbonyl (C=O) groups is 1. The van der Waals surface area contributed by atoms with E-state index in [9.17, 15) is 4.79 Å². The van der Waals surface area contributed by atoms with Crippen LogP contribution in [0.2, 0.25) is 0 Å². The number of carbonyl (C=O) groups excluding carboxylic acids is 1. The molecular weight excluding hydrogens is 206 g/mol. The molecule has 2 N–H and O–H groups in total. The Labute approximate surface area is 94.6 Å². The molecule has 1 fully saturated rings. The number of hydrogen-bond donors (Lipinski definition) is 2. The molecule has 2 heterocycles. The molecule has 1 aromatic rings. The van der Waals surface area contributed by atoms with Crippen molar-refractivity contribution in [3.63, 3.8) is 0 Å². The van der Waals surface area contributed by atoms with Crippen molar-refractivity contribution in [1.29, 1.82) is 0 Å². The average molecular weight is 223 g/mol. The maximum atomic E-state index is 11.6. The molecule has 16 heavy (non-hydrogen) atoms. The smallest absolute Gasteiger partial charge is 0.273 e. The normalized spacial score (nSPS) is 19.3. The largest absolute Gasteiger partial charge is 0.364 e. The molecular formula is C11H17N3O2. The molecule has 0 unspecified atom stereocenters. The molecule has 1 saturated heterocycles. The van der Waals surface area contributed by atoms with Crippen molar-refractivity contribution in [2.45, 2.75) is 19.8 Å². The maximum Gasteiger partial charge on any atom is 0.273 e. The van der Waals surface area contributed by atoms with Crippen molar-refractivity contribution in [2.24, 2.45) is 5.41 Å². The Kier molecular flexibility index (Phi) is 3.24. The Balaban J connectivity index is 1.84. The van der Waals surface area contributed by atoms with E-state index in [4.69, 9.17) is 0 Å². The van der Waals surface area contributed by atoms with Crippen LogP contribution >= 0.6 is 0 Å². The molecule has 0 bridgehead atoms. The maximum absolute atomic E-state index is 11.6. The van der Waals surface area contributed by atoms with Crippen molar-refractivity contribution in [3.05, 3.63) is 18.0 Å². The molecule has 1 aromatic heterocycles. The summed E-state index contributed by atoms with van der Waals surface area (Å²) in [6.45, 7) is 4.95. The Hall–Kier alpha value is -1.36. The van der Waals surface area contributed by atoms with Gasteiger partial charge in [0.2, 0.25) is 0 Å². The third kappa shape index (κ3) is 2.61. The molecule has 88 valence electrons. The summed E-state index contributed by atoms with van der Waals surface area (Å²) in [5.41, 5.74) is 0.544. The van der Waals surface area contributed by atoms with Crippen LogP contribution in [0, 0.1) is 5.41 Å². The van der Waals surface area contributed by atoms with E-state index in [-0.39, 0.29) is 11.3 Å². The second-order valence-electron chi connectivity index (χ2n) is 4.63. The standard InChI is InChI=1S/C11H17N3O2/c1-11(3-5-12-6-4-11)8-13-10(15)9-2-7-16-14-9/h2,7,12H,3-6,8H2,1H3,(H,13,15). The number of hydrogen-bond acceptors (Lipinski definition) is 4. The van der Waals surface area contributed by atoms with Crippen molar-refractivity contribution >= 4 is 5.91 Å². The minimum absolute atomic E-state index is 0.159. The molecule has 1 amide bonds. The molecule has 0 aromatic carbocycles. The summed E-state index contributed by atoms with van der Waals surface area (Å²) >= 11 is 0. The first kappa shape index (κ1) is 11.1. The highest BCUT2D eigenvalue weighted by Gasteiger charge is 2.27. The van der Waals surface area contributed by atoms with Crippen molar-refractivity contribution in [3.8, 4) is 0 Å². The summed E-state index contributed by atoms with van der Waals surface area (Å²) < 4.78 is 4.63. The molecule has 1 aliphatic heterocycles. The van der Waals surface area contributed by atoms with Gasteiger partial charge in [-0.1, -0.05) is 12.1 Å². The highest BCUT2D eigenvalue weighted by Crippen LogP contribution is 2.26. The second-order valence-corrected chi connectivity index (χ2v) is 4.63. The first-order valence-corrected chi connectivity index (χ1v) is 5.59. The van der Waals surface area contributed by atoms with Gasteiger partial charge in [-0.05, 0) is 31.3 Å². The minimum Gasteiger partial charge on any atom is -0.364 e. The van der Waals surface area contributed by atoms with Crippen molar-refractivity contribution in [2.75, 3.05) is 19.6 Å². The van der Waals surface area contributed by atoms with Gasteiger partial charge in [0, 0.05) is 12.6 Å². The van der Waals surface area contributed by atoms with Gasteiger partial charge in [0.05, 0.1) is 0 Å². The Morgan fingerprint density at radius 3 is 3.00 bits per heavy atom. The van der Waals surface area contributed by atoms with E-state index < -0.39 is 0 Å². The lowest BCUT2D eigenvalue weighted by Gasteiger charge is -2.33. The summed E-state index contributed by atoms with van der Waals surface area (Å²) in [5, 5.41) is 9.82. The monoisotopic (exact) mass is 223 g/mol. The molecule has 0 atom stereocenters. The fraction of sp³-hybridized carbons (Fsp3) is 0.636. The van der Waals surface area contributed by atoms with Gasteiger partial charge in [-0.25, -0.2) is 0 Å². The zero-order valence-corrected chi connectivity index (χ0v) is 9.45. The third-order valence-electron chi connectivity index (χ3n) is 3.16. The van der Waals surface area contributed by atoms with Gasteiger partial charge in [0.1, 0.15) is 6.26 Å². The number of rotatable bonds is 3. The fourth-order valence-electron chi connectivity index (χ4n) is 1.92. The summed E-state index contributed by atoms with van der Waals surface area (Å²) in [6, 6.07) is 1.57. The molecule has 0 spiro atoms. The summed E-state index contributed by atoms with van der Waals surface area (Å²) in [4.78, 5) is 11.6. The topological polar surface area (TPSA) is 67.2 Å². The van der Waals surface area contributed by atoms with Crippen LogP contribution < -0.4 is 10.6 Å². The van der Waals surface area contributed by atoms with Crippen LogP contribution in [0.1, 0.15) is 30.3 Å². The predicted molar refractivity (Wildman–Crippen MR) is 59.0 cm³/mol. The first-order chi connectivity index (χ1) is 7.70. The number of nitrogens with zero attached hydrogens (tertiary/aromatic N) is 1. The van der Waals surface area contributed by atoms with Gasteiger partial charge < -0.3 is 15.2 Å². The predicted octanol–water partition coefficient (Wildman–Crippen LogP) is 0.794. The van der Waals surface area contributed by atoms with Crippen LogP contribution in [0.4, 0.5) is 0 Å². The van der Waals surface area contributed by atoms with E-state index in [2.05, 4.69) is 27.2 Å². The Bertz CT molecular complexity index is 342. The van der Waals surface area contributed by atoms with Crippen molar-refractivity contribution < 1.29 is 9.32 Å². The molecule has 0 saturated carbocycles. The zero-order valence-electron chi connectivity index (χ0n) is 9.45. The number of amides is 1. The van der Waals surface area contributed by atoms with Crippen LogP contribution in [-0.2, 0) is 0 Å². The summed E-state index contributed by atoms with van der Waals surface area (Å²) in [6.07, 6.45) is 3.58. The van der Waals surface area contributed by atoms with Crippen LogP contribution in [0.5, 0.6) is 0 Å². The summed E-state index contributed by atoms with van der Waals surface area (Å²) in [5.74, 6) is -0.159. The van der Waals surface area contributed by atoms with E-state index >= 15 is 0 Å². The average Bonchev–Trinajstić information content (AvgIpc) is 2.80. The van der Waals surface area contributed by atoms with E-state index in [1.807, 2.05) is 0 Å². The Morgan fingerprint density at radius 2 is 2.38 bits per heavy atom. The lowest BCUT2D eigenvalue weighted by atomic mass is 9.81. The fourth-order valence-corrected chi connectivity index (χ4v) is 1.92. The molecule has 5 nitrogen and oxygen atoms in total. The summed E-state index contributed by atoms with van der Waals surface area (Å²) in [7, 11) is 0. The van der Waals surface area contributed by atoms with Gasteiger partial charge >= 0.3 is 0 Å². The van der Waals surface area contributed by atoms with E-state index in [0.29, 0.717) is 12.2 Å². The van der Waals surface area contributed by atoms with Crippen molar-refractivity contribution in [1.82, 2.24) is 15.8 Å². The molecule has 0 radical (unpaired) electrons. The van der Waals surface area contributed by atoms with Gasteiger partial charge in [-0.15, -0.1) is 0 Å². The van der Waals surface area contributed by atoms with Crippen LogP contribution in [0.3, 0.4) is 0 Å². The highest BCUT2D eigenvalue weighted by molar-refractivity contribution is 5.91. The molecule has 2 rings (SSSR count). The number of piperidine rings is 1. The van der Waals surface area contributed by atoms with Crippen LogP contribution in [0.25, 0.3) is 0 Å². The lowest BCUT2D eigenvalue weighted by molar-refractivity contribution is 0.0913. The second kappa shape index (κ2) is 4.65. The SMILES string of the molecule is CC1(CNC(=O)c2ccon2)CCNCC1. The van der Waals surface area contributed by atoms with E-state index in [1.165, 1.54) is 6.26 Å². The van der Waals surface area contributed by atoms with Gasteiger partial charge in [0.15, 0.2) is 5.69 Å². The quantitative estimate of drug-likeness (QED) is 0.795. The van der Waals surface area contributed by atoms with Gasteiger partial charge in [0.25, 0.3) is 5.91 Å². The number of aromatic nitrogens is 1. The van der Waals surface area contributed by atoms with Crippen LogP contribution in [-0.4, -0.2) is 30.7 Å². The van der Waals surface area contributed by atoms with Gasteiger partial charge in [-0.3, -0.25) is 4.79 Å². The highest BCUT2D eigenvalue weighted by atomic mass is 16.5. The molecule has 5 heteroatoms. The lowest BCUT2D eigenvalue weighted by Crippen LogP contribution is -2.42. The third-order valence-corrected chi connectivity index (χ3v) is 3.16. The van der Waals surface area contributed by atoms with E-state index in [1.54, 1.807) is 6.07 Å². The minimum atomic E-state index is -0.159. The van der Waals surface area contributed by atoms with E-state index in [0.717, 1.165) is 25.9 Å². The Morgan fingerprint density at radius 1 is 1.62 bits per heavy atom. The van der Waals surface area contributed by atoms with Crippen LogP contribution in [0.15, 0.2) is 16.9 Å².